The molecule has 4 nitrogen and oxygen atoms in total. The van der Waals surface area contributed by atoms with Gasteiger partial charge in [0.15, 0.2) is 0 Å². The summed E-state index contributed by atoms with van der Waals surface area (Å²) in [7, 11) is 8.03. The van der Waals surface area contributed by atoms with Gasteiger partial charge in [-0.25, -0.2) is 0 Å². The molecular weight excluding hydrogens is 250 g/mol. The number of para-hydroxylation sites is 1. The van der Waals surface area contributed by atoms with E-state index in [1.807, 2.05) is 18.2 Å². The van der Waals surface area contributed by atoms with Crippen molar-refractivity contribution in [3.8, 4) is 5.75 Å². The lowest BCUT2D eigenvalue weighted by Gasteiger charge is -2.34. The molecule has 0 aliphatic carbocycles. The number of nitrogens with zero attached hydrogens (tertiary/aromatic N) is 2. The van der Waals surface area contributed by atoms with E-state index in [0.717, 1.165) is 25.3 Å². The summed E-state index contributed by atoms with van der Waals surface area (Å²) in [6, 6.07) is 8.44. The van der Waals surface area contributed by atoms with Crippen LogP contribution in [0, 0.1) is 0 Å². The topological polar surface area (TPSA) is 41.7 Å². The van der Waals surface area contributed by atoms with Crippen LogP contribution in [0.3, 0.4) is 0 Å². The van der Waals surface area contributed by atoms with E-state index in [1.54, 1.807) is 7.11 Å². The summed E-state index contributed by atoms with van der Waals surface area (Å²) < 4.78 is 5.50. The second-order valence-corrected chi connectivity index (χ2v) is 5.54. The van der Waals surface area contributed by atoms with E-state index in [2.05, 4.69) is 43.9 Å². The molecule has 0 heterocycles. The molecule has 0 saturated heterocycles. The van der Waals surface area contributed by atoms with Gasteiger partial charge in [0, 0.05) is 24.7 Å². The van der Waals surface area contributed by atoms with Gasteiger partial charge in [-0.3, -0.25) is 4.90 Å². The molecule has 0 saturated carbocycles. The molecule has 114 valence electrons. The summed E-state index contributed by atoms with van der Waals surface area (Å²) in [5.74, 6) is 0.915. The van der Waals surface area contributed by atoms with Gasteiger partial charge in [-0.15, -0.1) is 0 Å². The Hall–Kier alpha value is -1.10. The second-order valence-electron chi connectivity index (χ2n) is 5.54. The summed E-state index contributed by atoms with van der Waals surface area (Å²) in [6.45, 7) is 4.12. The molecule has 1 aromatic carbocycles. The largest absolute Gasteiger partial charge is 0.496 e. The van der Waals surface area contributed by atoms with Crippen molar-refractivity contribution in [1.82, 2.24) is 9.80 Å². The Balaban J connectivity index is 2.99. The van der Waals surface area contributed by atoms with Gasteiger partial charge in [0.25, 0.3) is 0 Å². The summed E-state index contributed by atoms with van der Waals surface area (Å²) in [5.41, 5.74) is 7.54. The Labute approximate surface area is 123 Å². The van der Waals surface area contributed by atoms with E-state index in [-0.39, 0.29) is 12.1 Å². The monoisotopic (exact) mass is 279 g/mol. The number of hydrogen-bond acceptors (Lipinski definition) is 4. The van der Waals surface area contributed by atoms with E-state index in [9.17, 15) is 0 Å². The average Bonchev–Trinajstić information content (AvgIpc) is 2.45. The number of hydrogen-bond donors (Lipinski definition) is 1. The van der Waals surface area contributed by atoms with Crippen LogP contribution in [-0.4, -0.2) is 57.2 Å². The number of rotatable bonds is 8. The molecule has 1 rings (SSSR count). The van der Waals surface area contributed by atoms with Gasteiger partial charge in [-0.1, -0.05) is 25.1 Å². The fourth-order valence-electron chi connectivity index (χ4n) is 2.43. The molecule has 2 atom stereocenters. The first kappa shape index (κ1) is 17.0. The third-order valence-corrected chi connectivity index (χ3v) is 3.71. The highest BCUT2D eigenvalue weighted by Crippen LogP contribution is 2.31. The molecule has 0 bridgehead atoms. The fourth-order valence-corrected chi connectivity index (χ4v) is 2.43. The minimum absolute atomic E-state index is 0.0958. The zero-order chi connectivity index (χ0) is 15.1. The van der Waals surface area contributed by atoms with E-state index in [1.165, 1.54) is 5.56 Å². The first-order chi connectivity index (χ1) is 9.51. The van der Waals surface area contributed by atoms with Crippen LogP contribution >= 0.6 is 0 Å². The molecular formula is C16H29N3O. The first-order valence-corrected chi connectivity index (χ1v) is 7.24. The lowest BCUT2D eigenvalue weighted by molar-refractivity contribution is 0.187. The number of likely N-dealkylation sites (N-methyl/N-ethyl adjacent to an activating group) is 2. The predicted molar refractivity (Wildman–Crippen MR) is 85.2 cm³/mol. The molecule has 2 unspecified atom stereocenters. The highest BCUT2D eigenvalue weighted by molar-refractivity contribution is 5.36. The van der Waals surface area contributed by atoms with Gasteiger partial charge in [0.1, 0.15) is 5.75 Å². The summed E-state index contributed by atoms with van der Waals surface area (Å²) in [5, 5.41) is 0. The number of nitrogens with two attached hydrogens (primary N) is 1. The van der Waals surface area contributed by atoms with Crippen molar-refractivity contribution in [3.05, 3.63) is 29.8 Å². The van der Waals surface area contributed by atoms with Crippen LogP contribution in [0.15, 0.2) is 24.3 Å². The van der Waals surface area contributed by atoms with Gasteiger partial charge in [0.05, 0.1) is 13.2 Å². The Bertz CT molecular complexity index is 395. The highest BCUT2D eigenvalue weighted by Gasteiger charge is 2.25. The molecule has 2 N–H and O–H groups in total. The van der Waals surface area contributed by atoms with Crippen LogP contribution in [0.2, 0.25) is 0 Å². The quantitative estimate of drug-likeness (QED) is 0.790. The van der Waals surface area contributed by atoms with Crippen LogP contribution in [0.25, 0.3) is 0 Å². The zero-order valence-electron chi connectivity index (χ0n) is 13.5. The lowest BCUT2D eigenvalue weighted by Crippen LogP contribution is -2.41. The van der Waals surface area contributed by atoms with Crippen molar-refractivity contribution in [2.45, 2.75) is 25.4 Å². The zero-order valence-corrected chi connectivity index (χ0v) is 13.5. The number of methoxy groups -OCH3 is 1. The summed E-state index contributed by atoms with van der Waals surface area (Å²) in [4.78, 5) is 4.51. The average molecular weight is 279 g/mol. The number of ether oxygens (including phenoxy) is 1. The molecule has 4 heteroatoms. The van der Waals surface area contributed by atoms with Gasteiger partial charge in [-0.05, 0) is 33.6 Å². The van der Waals surface area contributed by atoms with Crippen LogP contribution in [0.4, 0.5) is 0 Å². The van der Waals surface area contributed by atoms with Gasteiger partial charge in [0.2, 0.25) is 0 Å². The van der Waals surface area contributed by atoms with Crippen molar-refractivity contribution >= 4 is 0 Å². The van der Waals surface area contributed by atoms with Crippen molar-refractivity contribution < 1.29 is 4.74 Å². The molecule has 20 heavy (non-hydrogen) atoms. The molecule has 1 aromatic rings. The van der Waals surface area contributed by atoms with Gasteiger partial charge in [-0.2, -0.15) is 0 Å². The maximum Gasteiger partial charge on any atom is 0.123 e. The molecule has 0 spiro atoms. The molecule has 0 radical (unpaired) electrons. The minimum atomic E-state index is 0.0958. The van der Waals surface area contributed by atoms with Crippen molar-refractivity contribution in [3.63, 3.8) is 0 Å². The second kappa shape index (κ2) is 8.25. The summed E-state index contributed by atoms with van der Waals surface area (Å²) in [6.07, 6.45) is 0.940. The highest BCUT2D eigenvalue weighted by atomic mass is 16.5. The summed E-state index contributed by atoms with van der Waals surface area (Å²) >= 11 is 0. The van der Waals surface area contributed by atoms with Crippen LogP contribution in [-0.2, 0) is 0 Å². The van der Waals surface area contributed by atoms with E-state index in [0.29, 0.717) is 0 Å². The minimum Gasteiger partial charge on any atom is -0.496 e. The molecule has 0 aliphatic heterocycles. The lowest BCUT2D eigenvalue weighted by atomic mass is 9.95. The Morgan fingerprint density at radius 1 is 1.15 bits per heavy atom. The molecule has 0 fully saturated rings. The van der Waals surface area contributed by atoms with Crippen LogP contribution < -0.4 is 10.5 Å². The normalized spacial score (nSPS) is 14.6. The molecule has 0 aromatic heterocycles. The van der Waals surface area contributed by atoms with Gasteiger partial charge >= 0.3 is 0 Å². The third kappa shape index (κ3) is 4.47. The molecule has 0 amide bonds. The van der Waals surface area contributed by atoms with Crippen LogP contribution in [0.1, 0.15) is 24.9 Å². The van der Waals surface area contributed by atoms with Crippen LogP contribution in [0.5, 0.6) is 5.75 Å². The SMILES string of the molecule is CCC(N)C(c1ccccc1OC)N(C)CCN(C)C. The fraction of sp³-hybridized carbons (Fsp3) is 0.625. The Morgan fingerprint density at radius 2 is 1.80 bits per heavy atom. The van der Waals surface area contributed by atoms with E-state index < -0.39 is 0 Å². The third-order valence-electron chi connectivity index (χ3n) is 3.71. The standard InChI is InChI=1S/C16H29N3O/c1-6-14(17)16(19(4)12-11-18(2)3)13-9-7-8-10-15(13)20-5/h7-10,14,16H,6,11-12,17H2,1-5H3. The maximum absolute atomic E-state index is 6.37. The van der Waals surface area contributed by atoms with Crippen molar-refractivity contribution in [1.29, 1.82) is 0 Å². The van der Waals surface area contributed by atoms with Crippen molar-refractivity contribution in [2.24, 2.45) is 5.73 Å². The van der Waals surface area contributed by atoms with E-state index >= 15 is 0 Å². The first-order valence-electron chi connectivity index (χ1n) is 7.24. The predicted octanol–water partition coefficient (Wildman–Crippen LogP) is 1.97. The van der Waals surface area contributed by atoms with Gasteiger partial charge < -0.3 is 15.4 Å². The van der Waals surface area contributed by atoms with Crippen molar-refractivity contribution in [2.75, 3.05) is 41.3 Å². The molecule has 0 aliphatic rings. The maximum atomic E-state index is 6.37. The van der Waals surface area contributed by atoms with E-state index in [4.69, 9.17) is 10.5 Å². The number of benzene rings is 1. The Kier molecular flexibility index (Phi) is 6.99. The Morgan fingerprint density at radius 3 is 2.35 bits per heavy atom. The smallest absolute Gasteiger partial charge is 0.123 e.